The van der Waals surface area contributed by atoms with Gasteiger partial charge in [-0.05, 0) is 12.1 Å². The number of H-pyrrole nitrogens is 1. The highest BCUT2D eigenvalue weighted by atomic mass is 16.6. The summed E-state index contributed by atoms with van der Waals surface area (Å²) in [4.78, 5) is 25.4. The zero-order valence-electron chi connectivity index (χ0n) is 15.9. The van der Waals surface area contributed by atoms with Crippen LogP contribution < -0.4 is 4.74 Å². The van der Waals surface area contributed by atoms with Crippen LogP contribution in [0.2, 0.25) is 0 Å². The Bertz CT molecular complexity index is 972. The van der Waals surface area contributed by atoms with Gasteiger partial charge in [0.2, 0.25) is 5.91 Å². The van der Waals surface area contributed by atoms with Crippen molar-refractivity contribution in [3.63, 3.8) is 0 Å². The molecule has 2 atom stereocenters. The molecule has 0 unspecified atom stereocenters. The molecule has 1 aromatic carbocycles. The molecule has 8 heteroatoms. The first-order chi connectivity index (χ1) is 14.3. The van der Waals surface area contributed by atoms with Gasteiger partial charge in [0.15, 0.2) is 0 Å². The van der Waals surface area contributed by atoms with Crippen LogP contribution in [0, 0.1) is 0 Å². The topological polar surface area (TPSA) is 89.6 Å². The first-order valence-corrected chi connectivity index (χ1v) is 9.74. The molecule has 2 fully saturated rings. The van der Waals surface area contributed by atoms with Gasteiger partial charge in [0.25, 0.3) is 0 Å². The summed E-state index contributed by atoms with van der Waals surface area (Å²) < 4.78 is 18.3. The maximum absolute atomic E-state index is 12.5. The molecule has 2 saturated heterocycles. The second-order valence-electron chi connectivity index (χ2n) is 7.39. The highest BCUT2D eigenvalue weighted by Gasteiger charge is 2.39. The Morgan fingerprint density at radius 2 is 1.97 bits per heavy atom. The van der Waals surface area contributed by atoms with Crippen LogP contribution in [0.4, 0.5) is 0 Å². The van der Waals surface area contributed by atoms with Crippen LogP contribution in [0.3, 0.4) is 0 Å². The molecule has 3 aromatic rings. The molecular formula is C21H22N4O4. The number of hydrogen-bond donors (Lipinski definition) is 1. The van der Waals surface area contributed by atoms with E-state index in [0.717, 1.165) is 22.2 Å². The fourth-order valence-corrected chi connectivity index (χ4v) is 3.88. The summed E-state index contributed by atoms with van der Waals surface area (Å²) in [6.45, 7) is 1.91. The van der Waals surface area contributed by atoms with E-state index in [1.54, 1.807) is 23.6 Å². The van der Waals surface area contributed by atoms with Crippen molar-refractivity contribution in [3.8, 4) is 5.75 Å². The number of benzene rings is 1. The van der Waals surface area contributed by atoms with E-state index in [1.165, 1.54) is 0 Å². The SMILES string of the molecule is O=C(Cc1cnc[nH]1)N1C[C@@H]2OCC(Oc3cccc4cnccc34)CO[C@H]2C1. The number of aromatic amines is 1. The Morgan fingerprint density at radius 1 is 1.14 bits per heavy atom. The van der Waals surface area contributed by atoms with Crippen molar-refractivity contribution in [2.24, 2.45) is 0 Å². The van der Waals surface area contributed by atoms with Crippen LogP contribution in [0.5, 0.6) is 5.75 Å². The lowest BCUT2D eigenvalue weighted by Gasteiger charge is -2.20. The van der Waals surface area contributed by atoms with Gasteiger partial charge in [0, 0.05) is 48.1 Å². The minimum atomic E-state index is -0.200. The lowest BCUT2D eigenvalue weighted by molar-refractivity contribution is -0.130. The number of rotatable bonds is 4. The van der Waals surface area contributed by atoms with Crippen LogP contribution in [0.1, 0.15) is 5.69 Å². The Kier molecular flexibility index (Phi) is 4.87. The van der Waals surface area contributed by atoms with Crippen LogP contribution in [0.25, 0.3) is 10.8 Å². The molecule has 1 amide bonds. The third kappa shape index (κ3) is 3.81. The number of likely N-dealkylation sites (tertiary alicyclic amines) is 1. The summed E-state index contributed by atoms with van der Waals surface area (Å²) in [5, 5.41) is 2.05. The quantitative estimate of drug-likeness (QED) is 0.723. The zero-order chi connectivity index (χ0) is 19.6. The average Bonchev–Trinajstić information content (AvgIpc) is 3.36. The average molecular weight is 394 g/mol. The number of ether oxygens (including phenoxy) is 3. The molecule has 5 rings (SSSR count). The summed E-state index contributed by atoms with van der Waals surface area (Å²) >= 11 is 0. The lowest BCUT2D eigenvalue weighted by Crippen LogP contribution is -2.33. The largest absolute Gasteiger partial charge is 0.485 e. The van der Waals surface area contributed by atoms with E-state index >= 15 is 0 Å². The Balaban J connectivity index is 1.20. The Morgan fingerprint density at radius 3 is 2.72 bits per heavy atom. The highest BCUT2D eigenvalue weighted by Crippen LogP contribution is 2.27. The normalized spacial score (nSPS) is 22.4. The Hall–Kier alpha value is -2.97. The van der Waals surface area contributed by atoms with E-state index in [0.29, 0.717) is 32.7 Å². The van der Waals surface area contributed by atoms with Crippen molar-refractivity contribution < 1.29 is 19.0 Å². The molecule has 2 aliphatic heterocycles. The zero-order valence-corrected chi connectivity index (χ0v) is 15.9. The summed E-state index contributed by atoms with van der Waals surface area (Å²) in [6, 6.07) is 7.86. The molecule has 0 spiro atoms. The molecular weight excluding hydrogens is 372 g/mol. The third-order valence-corrected chi connectivity index (χ3v) is 5.39. The summed E-state index contributed by atoms with van der Waals surface area (Å²) in [5.74, 6) is 0.845. The summed E-state index contributed by atoms with van der Waals surface area (Å²) in [5.41, 5.74) is 0.808. The van der Waals surface area contributed by atoms with E-state index in [-0.39, 0.29) is 24.2 Å². The van der Waals surface area contributed by atoms with E-state index in [1.807, 2.05) is 30.5 Å². The first kappa shape index (κ1) is 18.1. The summed E-state index contributed by atoms with van der Waals surface area (Å²) in [6.07, 6.45) is 6.67. The number of imidazole rings is 1. The summed E-state index contributed by atoms with van der Waals surface area (Å²) in [7, 11) is 0. The maximum atomic E-state index is 12.5. The van der Waals surface area contributed by atoms with Crippen molar-refractivity contribution in [3.05, 3.63) is 54.9 Å². The predicted molar refractivity (Wildman–Crippen MR) is 105 cm³/mol. The second-order valence-corrected chi connectivity index (χ2v) is 7.39. The van der Waals surface area contributed by atoms with Gasteiger partial charge in [0.1, 0.15) is 24.1 Å². The molecule has 0 radical (unpaired) electrons. The van der Waals surface area contributed by atoms with E-state index in [2.05, 4.69) is 15.0 Å². The van der Waals surface area contributed by atoms with Gasteiger partial charge in [-0.3, -0.25) is 9.78 Å². The van der Waals surface area contributed by atoms with Gasteiger partial charge in [-0.25, -0.2) is 4.98 Å². The van der Waals surface area contributed by atoms with Crippen LogP contribution in [0.15, 0.2) is 49.2 Å². The number of carbonyl (C=O) groups is 1. The molecule has 0 bridgehead atoms. The molecule has 29 heavy (non-hydrogen) atoms. The maximum Gasteiger partial charge on any atom is 0.228 e. The fourth-order valence-electron chi connectivity index (χ4n) is 3.88. The molecule has 2 aliphatic rings. The first-order valence-electron chi connectivity index (χ1n) is 9.74. The number of fused-ring (bicyclic) bond motifs is 2. The van der Waals surface area contributed by atoms with Gasteiger partial charge in [0.05, 0.1) is 26.0 Å². The minimum Gasteiger partial charge on any atom is -0.485 e. The van der Waals surface area contributed by atoms with E-state index < -0.39 is 0 Å². The van der Waals surface area contributed by atoms with E-state index in [4.69, 9.17) is 14.2 Å². The molecule has 8 nitrogen and oxygen atoms in total. The predicted octanol–water partition coefficient (Wildman–Crippen LogP) is 1.57. The molecule has 0 saturated carbocycles. The molecule has 2 aromatic heterocycles. The number of pyridine rings is 1. The molecule has 150 valence electrons. The van der Waals surface area contributed by atoms with Crippen LogP contribution in [-0.4, -0.2) is 70.4 Å². The van der Waals surface area contributed by atoms with Crippen molar-refractivity contribution >= 4 is 16.7 Å². The van der Waals surface area contributed by atoms with Gasteiger partial charge in [-0.2, -0.15) is 0 Å². The number of carbonyl (C=O) groups excluding carboxylic acids is 1. The number of aromatic nitrogens is 3. The monoisotopic (exact) mass is 394 g/mol. The van der Waals surface area contributed by atoms with Crippen molar-refractivity contribution in [2.45, 2.75) is 24.7 Å². The number of nitrogens with zero attached hydrogens (tertiary/aromatic N) is 3. The fraction of sp³-hybridized carbons (Fsp3) is 0.381. The smallest absolute Gasteiger partial charge is 0.228 e. The third-order valence-electron chi connectivity index (χ3n) is 5.39. The van der Waals surface area contributed by atoms with Crippen molar-refractivity contribution in [2.75, 3.05) is 26.3 Å². The van der Waals surface area contributed by atoms with Gasteiger partial charge >= 0.3 is 0 Å². The number of amides is 1. The highest BCUT2D eigenvalue weighted by molar-refractivity contribution is 5.87. The molecule has 4 heterocycles. The van der Waals surface area contributed by atoms with Gasteiger partial charge in [-0.1, -0.05) is 12.1 Å². The minimum absolute atomic E-state index is 0.0479. The van der Waals surface area contributed by atoms with Crippen molar-refractivity contribution in [1.29, 1.82) is 0 Å². The number of nitrogens with one attached hydrogen (secondary N) is 1. The standard InChI is InChI=1S/C21H22N4O4/c26-21(6-15-8-23-13-24-15)25-9-19-20(10-25)28-12-16(11-27-19)29-18-3-1-2-14-7-22-5-4-17(14)18/h1-5,7-8,13,16,19-20H,6,9-12H2,(H,23,24)/t19-,20-/m0/s1. The second kappa shape index (κ2) is 7.81. The van der Waals surface area contributed by atoms with Gasteiger partial charge in [-0.15, -0.1) is 0 Å². The Labute approximate surface area is 167 Å². The van der Waals surface area contributed by atoms with Crippen LogP contribution >= 0.6 is 0 Å². The molecule has 1 N–H and O–H groups in total. The number of hydrogen-bond acceptors (Lipinski definition) is 6. The van der Waals surface area contributed by atoms with Gasteiger partial charge < -0.3 is 24.1 Å². The molecule has 0 aliphatic carbocycles. The van der Waals surface area contributed by atoms with Crippen molar-refractivity contribution in [1.82, 2.24) is 19.9 Å². The lowest BCUT2D eigenvalue weighted by atomic mass is 10.1. The van der Waals surface area contributed by atoms with Crippen LogP contribution in [-0.2, 0) is 20.7 Å². The van der Waals surface area contributed by atoms with E-state index in [9.17, 15) is 4.79 Å².